The van der Waals surface area contributed by atoms with Gasteiger partial charge in [0.05, 0.1) is 0 Å². The Labute approximate surface area is 95.2 Å². The quantitative estimate of drug-likeness (QED) is 0.407. The van der Waals surface area contributed by atoms with E-state index in [1.807, 2.05) is 6.92 Å². The Balaban J connectivity index is 3.28. The van der Waals surface area contributed by atoms with E-state index in [-0.39, 0.29) is 11.3 Å². The highest BCUT2D eigenvalue weighted by atomic mass is 16.1. The zero-order valence-corrected chi connectivity index (χ0v) is 9.91. The van der Waals surface area contributed by atoms with E-state index < -0.39 is 5.66 Å². The van der Waals surface area contributed by atoms with E-state index in [1.54, 1.807) is 0 Å². The second kappa shape index (κ2) is 4.17. The summed E-state index contributed by atoms with van der Waals surface area (Å²) in [5.41, 5.74) is -0.495. The van der Waals surface area contributed by atoms with Crippen LogP contribution in [-0.2, 0) is 9.59 Å². The minimum atomic E-state index is -1.15. The molecule has 16 heavy (non-hydrogen) atoms. The molecule has 1 aliphatic carbocycles. The van der Waals surface area contributed by atoms with E-state index in [9.17, 15) is 9.59 Å². The molecule has 0 aromatic carbocycles. The molecule has 0 bridgehead atoms. The van der Waals surface area contributed by atoms with E-state index in [2.05, 4.69) is 30.4 Å². The molecule has 0 saturated heterocycles. The minimum Gasteiger partial charge on any atom is -0.211 e. The Morgan fingerprint density at radius 1 is 1.31 bits per heavy atom. The lowest BCUT2D eigenvalue weighted by Crippen LogP contribution is -2.41. The Bertz CT molecular complexity index is 381. The van der Waals surface area contributed by atoms with Gasteiger partial charge in [0.1, 0.15) is 0 Å². The van der Waals surface area contributed by atoms with Crippen molar-refractivity contribution in [1.29, 1.82) is 0 Å². The second-order valence-corrected chi connectivity index (χ2v) is 5.19. The average molecular weight is 220 g/mol. The number of isocyanates is 2. The summed E-state index contributed by atoms with van der Waals surface area (Å²) in [5.74, 6) is 0.165. The van der Waals surface area contributed by atoms with Crippen LogP contribution in [-0.4, -0.2) is 17.8 Å². The Morgan fingerprint density at radius 3 is 2.25 bits per heavy atom. The predicted molar refractivity (Wildman–Crippen MR) is 60.3 cm³/mol. The highest BCUT2D eigenvalue weighted by Gasteiger charge is 2.46. The van der Waals surface area contributed by atoms with Gasteiger partial charge in [-0.25, -0.2) is 9.59 Å². The Morgan fingerprint density at radius 2 is 1.81 bits per heavy atom. The van der Waals surface area contributed by atoms with Gasteiger partial charge in [-0.3, -0.25) is 0 Å². The molecule has 1 saturated carbocycles. The smallest absolute Gasteiger partial charge is 0.211 e. The van der Waals surface area contributed by atoms with Crippen molar-refractivity contribution in [2.45, 2.75) is 39.3 Å². The lowest BCUT2D eigenvalue weighted by Gasteiger charge is -2.43. The molecule has 0 radical (unpaired) electrons. The summed E-state index contributed by atoms with van der Waals surface area (Å²) in [7, 11) is 0. The van der Waals surface area contributed by atoms with E-state index in [1.165, 1.54) is 12.2 Å². The normalized spacial score (nSPS) is 32.4. The summed E-state index contributed by atoms with van der Waals surface area (Å²) >= 11 is 0. The van der Waals surface area contributed by atoms with Crippen molar-refractivity contribution < 1.29 is 9.59 Å². The summed E-state index contributed by atoms with van der Waals surface area (Å²) in [6.45, 7) is 10.0. The van der Waals surface area contributed by atoms with Gasteiger partial charge in [-0.15, -0.1) is 0 Å². The second-order valence-electron chi connectivity index (χ2n) is 5.19. The van der Waals surface area contributed by atoms with Gasteiger partial charge in [0.2, 0.25) is 12.2 Å². The average Bonchev–Trinajstić information content (AvgIpc) is 2.13. The fourth-order valence-electron chi connectivity index (χ4n) is 2.60. The molecule has 0 aromatic heterocycles. The van der Waals surface area contributed by atoms with E-state index in [0.29, 0.717) is 12.0 Å². The summed E-state index contributed by atoms with van der Waals surface area (Å²) in [6, 6.07) is 0. The molecule has 0 aliphatic heterocycles. The standard InChI is InChI=1S/C12H16N2O2/c1-9-5-11(3,4)6-12(10(9)2,13-7-15)14-8-16/h9H,2,5-6H2,1,3-4H3. The van der Waals surface area contributed by atoms with Crippen LogP contribution in [0.15, 0.2) is 22.1 Å². The zero-order chi connectivity index (χ0) is 12.4. The Kier molecular flexibility index (Phi) is 3.27. The molecule has 1 fully saturated rings. The number of hydrogen-bond acceptors (Lipinski definition) is 4. The van der Waals surface area contributed by atoms with Gasteiger partial charge >= 0.3 is 0 Å². The van der Waals surface area contributed by atoms with Crippen LogP contribution < -0.4 is 0 Å². The van der Waals surface area contributed by atoms with Crippen LogP contribution in [0.2, 0.25) is 0 Å². The molecule has 4 nitrogen and oxygen atoms in total. The highest BCUT2D eigenvalue weighted by molar-refractivity contribution is 5.44. The molecule has 1 rings (SSSR count). The topological polar surface area (TPSA) is 58.9 Å². The Hall–Kier alpha value is -1.50. The molecule has 1 atom stereocenters. The van der Waals surface area contributed by atoms with Gasteiger partial charge in [0.15, 0.2) is 5.66 Å². The van der Waals surface area contributed by atoms with Gasteiger partial charge in [0.25, 0.3) is 0 Å². The molecule has 86 valence electrons. The first-order valence-electron chi connectivity index (χ1n) is 5.24. The molecular weight excluding hydrogens is 204 g/mol. The molecule has 0 N–H and O–H groups in total. The first-order valence-corrected chi connectivity index (χ1v) is 5.24. The van der Waals surface area contributed by atoms with Crippen LogP contribution in [0.4, 0.5) is 0 Å². The molecular formula is C12H16N2O2. The van der Waals surface area contributed by atoms with Crippen LogP contribution in [0.5, 0.6) is 0 Å². The van der Waals surface area contributed by atoms with Crippen LogP contribution in [0.25, 0.3) is 0 Å². The van der Waals surface area contributed by atoms with E-state index in [0.717, 1.165) is 6.42 Å². The third kappa shape index (κ3) is 2.19. The van der Waals surface area contributed by atoms with Gasteiger partial charge in [-0.2, -0.15) is 9.98 Å². The van der Waals surface area contributed by atoms with Crippen LogP contribution in [0.3, 0.4) is 0 Å². The number of aliphatic imine (C=N–C) groups is 2. The lowest BCUT2D eigenvalue weighted by atomic mass is 9.66. The van der Waals surface area contributed by atoms with Crippen LogP contribution in [0, 0.1) is 11.3 Å². The molecule has 0 spiro atoms. The first kappa shape index (κ1) is 12.6. The fourth-order valence-corrected chi connectivity index (χ4v) is 2.60. The van der Waals surface area contributed by atoms with E-state index in [4.69, 9.17) is 0 Å². The summed E-state index contributed by atoms with van der Waals surface area (Å²) in [4.78, 5) is 28.4. The van der Waals surface area contributed by atoms with Crippen molar-refractivity contribution in [2.24, 2.45) is 21.3 Å². The van der Waals surface area contributed by atoms with Crippen molar-refractivity contribution in [2.75, 3.05) is 0 Å². The van der Waals surface area contributed by atoms with Gasteiger partial charge in [0, 0.05) is 6.42 Å². The first-order chi connectivity index (χ1) is 7.37. The number of rotatable bonds is 2. The lowest BCUT2D eigenvalue weighted by molar-refractivity contribution is 0.171. The third-order valence-electron chi connectivity index (χ3n) is 3.15. The van der Waals surface area contributed by atoms with Crippen molar-refractivity contribution in [3.8, 4) is 0 Å². The van der Waals surface area contributed by atoms with Gasteiger partial charge < -0.3 is 0 Å². The maximum absolute atomic E-state index is 10.5. The maximum Gasteiger partial charge on any atom is 0.237 e. The van der Waals surface area contributed by atoms with E-state index >= 15 is 0 Å². The molecule has 0 amide bonds. The number of carbonyl (C=O) groups excluding carboxylic acids is 2. The SMILES string of the molecule is C=C1C(C)CC(C)(C)CC1(N=C=O)N=C=O. The molecule has 1 aliphatic rings. The monoisotopic (exact) mass is 220 g/mol. The number of nitrogens with zero attached hydrogens (tertiary/aromatic N) is 2. The minimum absolute atomic E-state index is 0.0404. The zero-order valence-electron chi connectivity index (χ0n) is 9.91. The number of hydrogen-bond donors (Lipinski definition) is 0. The molecule has 4 heteroatoms. The van der Waals surface area contributed by atoms with Crippen LogP contribution in [0.1, 0.15) is 33.6 Å². The third-order valence-corrected chi connectivity index (χ3v) is 3.15. The summed E-state index contributed by atoms with van der Waals surface area (Å²) < 4.78 is 0. The van der Waals surface area contributed by atoms with Gasteiger partial charge in [-0.05, 0) is 23.3 Å². The van der Waals surface area contributed by atoms with Crippen molar-refractivity contribution in [3.05, 3.63) is 12.2 Å². The fraction of sp³-hybridized carbons (Fsp3) is 0.667. The summed E-state index contributed by atoms with van der Waals surface area (Å²) in [5, 5.41) is 0. The van der Waals surface area contributed by atoms with Crippen molar-refractivity contribution in [3.63, 3.8) is 0 Å². The van der Waals surface area contributed by atoms with Crippen LogP contribution >= 0.6 is 0 Å². The van der Waals surface area contributed by atoms with Crippen molar-refractivity contribution in [1.82, 2.24) is 0 Å². The molecule has 0 aromatic rings. The van der Waals surface area contributed by atoms with Gasteiger partial charge in [-0.1, -0.05) is 27.4 Å². The maximum atomic E-state index is 10.5. The molecule has 1 unspecified atom stereocenters. The predicted octanol–water partition coefficient (Wildman–Crippen LogP) is 2.37. The highest BCUT2D eigenvalue weighted by Crippen LogP contribution is 2.48. The van der Waals surface area contributed by atoms with Crippen molar-refractivity contribution >= 4 is 12.2 Å². The largest absolute Gasteiger partial charge is 0.237 e. The summed E-state index contributed by atoms with van der Waals surface area (Å²) in [6.07, 6.45) is 4.42. The molecule has 0 heterocycles.